The fraction of sp³-hybridized carbons (Fsp3) is 0.286. The molecule has 1 unspecified atom stereocenters. The zero-order chi connectivity index (χ0) is 21.4. The van der Waals surface area contributed by atoms with E-state index in [2.05, 4.69) is 23.0 Å². The standard InChI is InChI=1S/C17H19FN2O.C4H4O4/c1-20-7-3-4-16(20)14-8-13(10-19-11-14)12-5-6-17(21-2)15(18)9-12;5-3(6)1-2-4(7)8/h5-6,8-11,16H,3-4,7H2,1-2H3;1-2H,(H,5,6)(H,7,8). The molecule has 1 fully saturated rings. The lowest BCUT2D eigenvalue weighted by atomic mass is 10.0. The van der Waals surface area contributed by atoms with Crippen molar-refractivity contribution in [3.8, 4) is 16.9 Å². The Labute approximate surface area is 168 Å². The van der Waals surface area contributed by atoms with E-state index in [9.17, 15) is 14.0 Å². The van der Waals surface area contributed by atoms with Crippen molar-refractivity contribution in [3.05, 3.63) is 60.2 Å². The van der Waals surface area contributed by atoms with Crippen LogP contribution in [0.25, 0.3) is 11.1 Å². The van der Waals surface area contributed by atoms with Gasteiger partial charge in [-0.25, -0.2) is 14.0 Å². The molecule has 0 aliphatic carbocycles. The van der Waals surface area contributed by atoms with Crippen LogP contribution >= 0.6 is 0 Å². The molecule has 1 atom stereocenters. The quantitative estimate of drug-likeness (QED) is 0.740. The zero-order valence-electron chi connectivity index (χ0n) is 16.2. The van der Waals surface area contributed by atoms with Gasteiger partial charge < -0.3 is 14.9 Å². The Balaban J connectivity index is 0.000000321. The number of benzene rings is 1. The lowest BCUT2D eigenvalue weighted by Crippen LogP contribution is -2.17. The van der Waals surface area contributed by atoms with Gasteiger partial charge in [0, 0.05) is 36.2 Å². The number of halogens is 1. The molecule has 0 radical (unpaired) electrons. The predicted octanol–water partition coefficient (Wildman–Crippen LogP) is 3.37. The summed E-state index contributed by atoms with van der Waals surface area (Å²) in [6.07, 6.45) is 7.17. The highest BCUT2D eigenvalue weighted by Crippen LogP contribution is 2.32. The van der Waals surface area contributed by atoms with Crippen molar-refractivity contribution in [1.82, 2.24) is 9.88 Å². The molecule has 7 nitrogen and oxygen atoms in total. The average molecular weight is 402 g/mol. The highest BCUT2D eigenvalue weighted by atomic mass is 19.1. The maximum Gasteiger partial charge on any atom is 0.328 e. The van der Waals surface area contributed by atoms with Crippen molar-refractivity contribution >= 4 is 11.9 Å². The molecule has 3 rings (SSSR count). The van der Waals surface area contributed by atoms with Crippen molar-refractivity contribution in [2.45, 2.75) is 18.9 Å². The topological polar surface area (TPSA) is 100.0 Å². The Hall–Kier alpha value is -3.26. The van der Waals surface area contributed by atoms with Crippen LogP contribution in [0.2, 0.25) is 0 Å². The van der Waals surface area contributed by atoms with Gasteiger partial charge in [0.25, 0.3) is 0 Å². The molecule has 2 heterocycles. The van der Waals surface area contributed by atoms with Crippen LogP contribution in [0.15, 0.2) is 48.8 Å². The van der Waals surface area contributed by atoms with Gasteiger partial charge in [0.15, 0.2) is 11.6 Å². The molecule has 2 aromatic rings. The van der Waals surface area contributed by atoms with Crippen LogP contribution in [0.4, 0.5) is 4.39 Å². The van der Waals surface area contributed by atoms with Crippen LogP contribution in [0.1, 0.15) is 24.4 Å². The second-order valence-electron chi connectivity index (χ2n) is 6.50. The summed E-state index contributed by atoms with van der Waals surface area (Å²) in [7, 11) is 3.60. The SMILES string of the molecule is COc1ccc(-c2cncc(C3CCCN3C)c2)cc1F.O=C(O)C=CC(=O)O. The van der Waals surface area contributed by atoms with Gasteiger partial charge in [0.2, 0.25) is 0 Å². The smallest absolute Gasteiger partial charge is 0.328 e. The normalized spacial score (nSPS) is 16.3. The van der Waals surface area contributed by atoms with Crippen molar-refractivity contribution in [2.24, 2.45) is 0 Å². The number of carboxylic acids is 2. The molecule has 0 bridgehead atoms. The summed E-state index contributed by atoms with van der Waals surface area (Å²) >= 11 is 0. The van der Waals surface area contributed by atoms with Gasteiger partial charge >= 0.3 is 11.9 Å². The van der Waals surface area contributed by atoms with E-state index < -0.39 is 11.9 Å². The summed E-state index contributed by atoms with van der Waals surface area (Å²) < 4.78 is 18.8. The van der Waals surface area contributed by atoms with E-state index in [0.717, 1.165) is 24.1 Å². The molecule has 8 heteroatoms. The molecule has 29 heavy (non-hydrogen) atoms. The van der Waals surface area contributed by atoms with E-state index in [1.165, 1.54) is 25.2 Å². The predicted molar refractivity (Wildman–Crippen MR) is 105 cm³/mol. The van der Waals surface area contributed by atoms with Gasteiger partial charge in [-0.3, -0.25) is 9.88 Å². The number of methoxy groups -OCH3 is 1. The minimum atomic E-state index is -1.26. The molecular weight excluding hydrogens is 379 g/mol. The lowest BCUT2D eigenvalue weighted by Gasteiger charge is -2.20. The molecule has 154 valence electrons. The van der Waals surface area contributed by atoms with E-state index >= 15 is 0 Å². The third-order valence-corrected chi connectivity index (χ3v) is 4.52. The Kier molecular flexibility index (Phi) is 7.85. The van der Waals surface area contributed by atoms with E-state index in [4.69, 9.17) is 14.9 Å². The highest BCUT2D eigenvalue weighted by molar-refractivity contribution is 5.89. The Bertz CT molecular complexity index is 884. The minimum Gasteiger partial charge on any atom is -0.494 e. The number of nitrogens with zero attached hydrogens (tertiary/aromatic N) is 2. The van der Waals surface area contributed by atoms with Crippen molar-refractivity contribution in [1.29, 1.82) is 0 Å². The summed E-state index contributed by atoms with van der Waals surface area (Å²) in [6, 6.07) is 7.54. The fourth-order valence-electron chi connectivity index (χ4n) is 3.12. The molecule has 1 aliphatic heterocycles. The highest BCUT2D eigenvalue weighted by Gasteiger charge is 2.23. The van der Waals surface area contributed by atoms with E-state index in [-0.39, 0.29) is 11.6 Å². The molecule has 1 aromatic carbocycles. The number of aromatic nitrogens is 1. The molecule has 2 N–H and O–H groups in total. The maximum atomic E-state index is 13.8. The largest absolute Gasteiger partial charge is 0.494 e. The Morgan fingerprint density at radius 3 is 2.38 bits per heavy atom. The molecule has 1 aromatic heterocycles. The molecule has 1 aliphatic rings. The van der Waals surface area contributed by atoms with Gasteiger partial charge in [-0.2, -0.15) is 0 Å². The summed E-state index contributed by atoms with van der Waals surface area (Å²) in [5, 5.41) is 15.6. The van der Waals surface area contributed by atoms with Gasteiger partial charge in [-0.05, 0) is 55.8 Å². The van der Waals surface area contributed by atoms with E-state index in [0.29, 0.717) is 18.2 Å². The monoisotopic (exact) mass is 402 g/mol. The number of hydrogen-bond acceptors (Lipinski definition) is 5. The van der Waals surface area contributed by atoms with Crippen LogP contribution in [0.5, 0.6) is 5.75 Å². The maximum absolute atomic E-state index is 13.8. The third kappa shape index (κ3) is 6.39. The van der Waals surface area contributed by atoms with Crippen LogP contribution in [0.3, 0.4) is 0 Å². The fourth-order valence-corrected chi connectivity index (χ4v) is 3.12. The number of carbonyl (C=O) groups is 2. The van der Waals surface area contributed by atoms with Crippen molar-refractivity contribution in [3.63, 3.8) is 0 Å². The zero-order valence-corrected chi connectivity index (χ0v) is 16.2. The summed E-state index contributed by atoms with van der Waals surface area (Å²) in [5.41, 5.74) is 2.96. The van der Waals surface area contributed by atoms with E-state index in [1.807, 2.05) is 12.3 Å². The van der Waals surface area contributed by atoms with Gasteiger partial charge in [0.1, 0.15) is 0 Å². The average Bonchev–Trinajstić information content (AvgIpc) is 3.13. The summed E-state index contributed by atoms with van der Waals surface area (Å²) in [5.74, 6) is -2.60. The summed E-state index contributed by atoms with van der Waals surface area (Å²) in [4.78, 5) is 25.8. The van der Waals surface area contributed by atoms with Crippen LogP contribution < -0.4 is 4.74 Å². The number of rotatable bonds is 5. The number of pyridine rings is 1. The van der Waals surface area contributed by atoms with Gasteiger partial charge in [-0.15, -0.1) is 0 Å². The third-order valence-electron chi connectivity index (χ3n) is 4.52. The van der Waals surface area contributed by atoms with Gasteiger partial charge in [-0.1, -0.05) is 6.07 Å². The first-order valence-electron chi connectivity index (χ1n) is 8.95. The Morgan fingerprint density at radius 1 is 1.17 bits per heavy atom. The first-order valence-corrected chi connectivity index (χ1v) is 8.95. The molecule has 0 saturated carbocycles. The minimum absolute atomic E-state index is 0.262. The van der Waals surface area contributed by atoms with Crippen LogP contribution in [-0.4, -0.2) is 52.7 Å². The van der Waals surface area contributed by atoms with Crippen molar-refractivity contribution < 1.29 is 28.9 Å². The molecular formula is C21H23FN2O5. The summed E-state index contributed by atoms with van der Waals surface area (Å²) in [6.45, 7) is 1.12. The molecule has 1 saturated heterocycles. The second-order valence-corrected chi connectivity index (χ2v) is 6.50. The number of ether oxygens (including phenoxy) is 1. The van der Waals surface area contributed by atoms with Gasteiger partial charge in [0.05, 0.1) is 7.11 Å². The first kappa shape index (κ1) is 22.0. The van der Waals surface area contributed by atoms with E-state index in [1.54, 1.807) is 12.3 Å². The number of aliphatic carboxylic acids is 2. The molecule has 0 spiro atoms. The van der Waals surface area contributed by atoms with Crippen LogP contribution in [0, 0.1) is 5.82 Å². The van der Waals surface area contributed by atoms with Crippen LogP contribution in [-0.2, 0) is 9.59 Å². The lowest BCUT2D eigenvalue weighted by molar-refractivity contribution is -0.134. The molecule has 0 amide bonds. The number of carboxylic acid groups (broad SMARTS) is 2. The number of hydrogen-bond donors (Lipinski definition) is 2. The van der Waals surface area contributed by atoms with Crippen molar-refractivity contribution in [2.75, 3.05) is 20.7 Å². The number of likely N-dealkylation sites (tertiary alicyclic amines) is 1. The first-order chi connectivity index (χ1) is 13.8. The Morgan fingerprint density at radius 2 is 1.86 bits per heavy atom. The second kappa shape index (κ2) is 10.3.